The van der Waals surface area contributed by atoms with Gasteiger partial charge in [0.25, 0.3) is 0 Å². The van der Waals surface area contributed by atoms with Crippen LogP contribution in [0.15, 0.2) is 18.2 Å². The van der Waals surface area contributed by atoms with Crippen molar-refractivity contribution in [3.63, 3.8) is 0 Å². The third kappa shape index (κ3) is 2.57. The number of hydrogen-bond acceptors (Lipinski definition) is 4. The lowest BCUT2D eigenvalue weighted by Gasteiger charge is -2.06. The number of aryl methyl sites for hydroxylation is 2. The van der Waals surface area contributed by atoms with Gasteiger partial charge in [0.1, 0.15) is 5.01 Å². The van der Waals surface area contributed by atoms with Crippen molar-refractivity contribution in [1.29, 1.82) is 0 Å². The van der Waals surface area contributed by atoms with E-state index in [1.807, 2.05) is 25.1 Å². The van der Waals surface area contributed by atoms with Crippen LogP contribution in [0.5, 0.6) is 0 Å². The Kier molecular flexibility index (Phi) is 3.97. The fraction of sp³-hybridized carbons (Fsp3) is 0.333. The van der Waals surface area contributed by atoms with Crippen LogP contribution in [-0.2, 0) is 13.1 Å². The summed E-state index contributed by atoms with van der Waals surface area (Å²) in [5.41, 5.74) is 8.72. The second kappa shape index (κ2) is 5.75. The monoisotopic (exact) mass is 320 g/mol. The number of benzene rings is 1. The Morgan fingerprint density at radius 3 is 2.81 bits per heavy atom. The van der Waals surface area contributed by atoms with Gasteiger partial charge < -0.3 is 10.3 Å². The highest BCUT2D eigenvalue weighted by molar-refractivity contribution is 7.15. The van der Waals surface area contributed by atoms with Gasteiger partial charge in [-0.15, -0.1) is 11.3 Å². The molecule has 3 rings (SSSR count). The van der Waals surface area contributed by atoms with Crippen LogP contribution in [0.1, 0.15) is 24.0 Å². The van der Waals surface area contributed by atoms with E-state index in [1.165, 1.54) is 0 Å². The zero-order valence-electron chi connectivity index (χ0n) is 12.1. The largest absolute Gasteiger partial charge is 0.325 e. The number of hydrogen-bond donors (Lipinski definition) is 1. The topological polar surface area (TPSA) is 56.7 Å². The molecule has 0 aliphatic rings. The first kappa shape index (κ1) is 14.5. The molecule has 0 spiro atoms. The van der Waals surface area contributed by atoms with E-state index in [4.69, 9.17) is 22.3 Å². The summed E-state index contributed by atoms with van der Waals surface area (Å²) in [6, 6.07) is 5.82. The highest BCUT2D eigenvalue weighted by Crippen LogP contribution is 2.33. The Labute approximate surface area is 132 Å². The lowest BCUT2D eigenvalue weighted by atomic mass is 10.3. The second-order valence-corrected chi connectivity index (χ2v) is 6.47. The summed E-state index contributed by atoms with van der Waals surface area (Å²) in [6.45, 7) is 5.53. The van der Waals surface area contributed by atoms with E-state index >= 15 is 0 Å². The number of thiazole rings is 1. The van der Waals surface area contributed by atoms with Crippen molar-refractivity contribution in [2.75, 3.05) is 0 Å². The maximum Gasteiger partial charge on any atom is 0.153 e. The number of aromatic nitrogens is 3. The van der Waals surface area contributed by atoms with Crippen molar-refractivity contribution in [2.24, 2.45) is 5.73 Å². The van der Waals surface area contributed by atoms with Gasteiger partial charge in [-0.05, 0) is 31.5 Å². The van der Waals surface area contributed by atoms with Crippen LogP contribution in [0.4, 0.5) is 0 Å². The van der Waals surface area contributed by atoms with E-state index in [0.717, 1.165) is 50.4 Å². The van der Waals surface area contributed by atoms with Crippen LogP contribution in [0.2, 0.25) is 5.02 Å². The average Bonchev–Trinajstić information content (AvgIpc) is 3.00. The van der Waals surface area contributed by atoms with E-state index in [-0.39, 0.29) is 0 Å². The summed E-state index contributed by atoms with van der Waals surface area (Å²) in [7, 11) is 0. The van der Waals surface area contributed by atoms with Gasteiger partial charge in [0.15, 0.2) is 5.82 Å². The standard InChI is InChI=1S/C15H17ClN4S/c1-3-6-20-12-7-10(16)4-5-11(12)19-15(20)14-9(2)18-13(8-17)21-14/h4-5,7H,3,6,8,17H2,1-2H3. The Morgan fingerprint density at radius 2 is 2.14 bits per heavy atom. The zero-order chi connectivity index (χ0) is 15.0. The molecule has 0 fully saturated rings. The first-order chi connectivity index (χ1) is 10.1. The summed E-state index contributed by atoms with van der Waals surface area (Å²) >= 11 is 7.76. The molecular weight excluding hydrogens is 304 g/mol. The van der Waals surface area contributed by atoms with Gasteiger partial charge in [-0.3, -0.25) is 0 Å². The molecule has 4 nitrogen and oxygen atoms in total. The van der Waals surface area contributed by atoms with E-state index in [9.17, 15) is 0 Å². The predicted molar refractivity (Wildman–Crippen MR) is 88.8 cm³/mol. The first-order valence-corrected chi connectivity index (χ1v) is 8.16. The maximum absolute atomic E-state index is 6.14. The smallest absolute Gasteiger partial charge is 0.153 e. The number of nitrogens with zero attached hydrogens (tertiary/aromatic N) is 3. The Bertz CT molecular complexity index is 790. The highest BCUT2D eigenvalue weighted by Gasteiger charge is 2.17. The van der Waals surface area contributed by atoms with Crippen molar-refractivity contribution in [3.05, 3.63) is 33.9 Å². The molecule has 2 heterocycles. The van der Waals surface area contributed by atoms with Gasteiger partial charge in [0.2, 0.25) is 0 Å². The quantitative estimate of drug-likeness (QED) is 0.790. The fourth-order valence-electron chi connectivity index (χ4n) is 2.47. The molecule has 6 heteroatoms. The van der Waals surface area contributed by atoms with E-state index in [0.29, 0.717) is 6.54 Å². The number of nitrogens with two attached hydrogens (primary N) is 1. The Hall–Kier alpha value is -1.43. The molecule has 21 heavy (non-hydrogen) atoms. The van der Waals surface area contributed by atoms with Crippen molar-refractivity contribution >= 4 is 34.0 Å². The van der Waals surface area contributed by atoms with E-state index in [2.05, 4.69) is 16.5 Å². The Morgan fingerprint density at radius 1 is 1.33 bits per heavy atom. The molecule has 0 atom stereocenters. The van der Waals surface area contributed by atoms with Crippen LogP contribution in [-0.4, -0.2) is 14.5 Å². The van der Waals surface area contributed by atoms with Crippen LogP contribution >= 0.6 is 22.9 Å². The van der Waals surface area contributed by atoms with Crippen LogP contribution in [0.3, 0.4) is 0 Å². The minimum Gasteiger partial charge on any atom is -0.325 e. The van der Waals surface area contributed by atoms with Crippen molar-refractivity contribution in [2.45, 2.75) is 33.4 Å². The van der Waals surface area contributed by atoms with Gasteiger partial charge in [0.05, 0.1) is 21.6 Å². The lowest BCUT2D eigenvalue weighted by molar-refractivity contribution is 0.704. The molecule has 0 aliphatic carbocycles. The molecule has 0 bridgehead atoms. The third-order valence-corrected chi connectivity index (χ3v) is 4.79. The van der Waals surface area contributed by atoms with Crippen LogP contribution in [0, 0.1) is 6.92 Å². The molecule has 0 radical (unpaired) electrons. The molecular formula is C15H17ClN4S. The second-order valence-electron chi connectivity index (χ2n) is 4.95. The Balaban J connectivity index is 2.25. The summed E-state index contributed by atoms with van der Waals surface area (Å²) in [5, 5.41) is 1.67. The first-order valence-electron chi connectivity index (χ1n) is 6.96. The number of rotatable bonds is 4. The number of fused-ring (bicyclic) bond motifs is 1. The molecule has 0 saturated heterocycles. The highest BCUT2D eigenvalue weighted by atomic mass is 35.5. The van der Waals surface area contributed by atoms with Crippen LogP contribution in [0.25, 0.3) is 21.7 Å². The predicted octanol–water partition coefficient (Wildman–Crippen LogP) is 3.99. The number of halogens is 1. The molecule has 1 aromatic carbocycles. The molecule has 3 aromatic rings. The van der Waals surface area contributed by atoms with E-state index < -0.39 is 0 Å². The van der Waals surface area contributed by atoms with Crippen molar-refractivity contribution in [3.8, 4) is 10.7 Å². The molecule has 0 unspecified atom stereocenters. The number of imidazole rings is 1. The van der Waals surface area contributed by atoms with E-state index in [1.54, 1.807) is 11.3 Å². The lowest BCUT2D eigenvalue weighted by Crippen LogP contribution is -1.99. The van der Waals surface area contributed by atoms with Gasteiger partial charge in [-0.25, -0.2) is 9.97 Å². The maximum atomic E-state index is 6.14. The molecule has 0 aliphatic heterocycles. The van der Waals surface area contributed by atoms with Gasteiger partial charge >= 0.3 is 0 Å². The van der Waals surface area contributed by atoms with Crippen molar-refractivity contribution < 1.29 is 0 Å². The summed E-state index contributed by atoms with van der Waals surface area (Å²) in [6.07, 6.45) is 1.03. The summed E-state index contributed by atoms with van der Waals surface area (Å²) in [4.78, 5) is 10.4. The fourth-order valence-corrected chi connectivity index (χ4v) is 3.57. The molecule has 0 saturated carbocycles. The third-order valence-electron chi connectivity index (χ3n) is 3.38. The molecule has 2 N–H and O–H groups in total. The summed E-state index contributed by atoms with van der Waals surface area (Å²) < 4.78 is 2.22. The minimum atomic E-state index is 0.464. The van der Waals surface area contributed by atoms with Crippen LogP contribution < -0.4 is 5.73 Å². The van der Waals surface area contributed by atoms with Gasteiger partial charge in [-0.1, -0.05) is 18.5 Å². The van der Waals surface area contributed by atoms with Gasteiger partial charge in [0, 0.05) is 18.1 Å². The zero-order valence-corrected chi connectivity index (χ0v) is 13.6. The average molecular weight is 321 g/mol. The minimum absolute atomic E-state index is 0.464. The summed E-state index contributed by atoms with van der Waals surface area (Å²) in [5.74, 6) is 0.962. The van der Waals surface area contributed by atoms with Crippen molar-refractivity contribution in [1.82, 2.24) is 14.5 Å². The van der Waals surface area contributed by atoms with Gasteiger partial charge in [-0.2, -0.15) is 0 Å². The normalized spacial score (nSPS) is 11.4. The molecule has 2 aromatic heterocycles. The SMILES string of the molecule is CCCn1c(-c2sc(CN)nc2C)nc2ccc(Cl)cc21. The molecule has 0 amide bonds. The molecule has 110 valence electrons.